The third-order valence-electron chi connectivity index (χ3n) is 2.22. The first-order valence-corrected chi connectivity index (χ1v) is 6.74. The lowest BCUT2D eigenvalue weighted by Crippen LogP contribution is -2.34. The van der Waals surface area contributed by atoms with E-state index in [2.05, 4.69) is 4.74 Å². The van der Waals surface area contributed by atoms with Gasteiger partial charge in [0.2, 0.25) is 0 Å². The number of ketones is 1. The van der Waals surface area contributed by atoms with Crippen molar-refractivity contribution >= 4 is 17.5 Å². The summed E-state index contributed by atoms with van der Waals surface area (Å²) < 4.78 is 53.8. The van der Waals surface area contributed by atoms with Crippen LogP contribution in [-0.2, 0) is 0 Å². The molecule has 0 saturated heterocycles. The molecule has 0 heterocycles. The molecule has 0 aliphatic carbocycles. The summed E-state index contributed by atoms with van der Waals surface area (Å²) in [5.41, 5.74) is -0.114. The van der Waals surface area contributed by atoms with Gasteiger partial charge in [0.15, 0.2) is 5.78 Å². The Morgan fingerprint density at radius 2 is 2.00 bits per heavy atom. The normalized spacial score (nSPS) is 11.7. The van der Waals surface area contributed by atoms with E-state index in [1.54, 1.807) is 6.26 Å². The van der Waals surface area contributed by atoms with Gasteiger partial charge in [-0.2, -0.15) is 29.3 Å². The molecule has 0 aliphatic rings. The number of carbonyl (C=O) groups excluding carboxylic acids is 1. The number of para-hydroxylation sites is 1. The molecule has 0 amide bonds. The van der Waals surface area contributed by atoms with E-state index >= 15 is 0 Å². The Labute approximate surface area is 112 Å². The molecule has 2 nitrogen and oxygen atoms in total. The molecule has 1 aromatic carbocycles. The number of hydrogen-bond donors (Lipinski definition) is 0. The van der Waals surface area contributed by atoms with Crippen LogP contribution in [0.4, 0.5) is 17.6 Å². The van der Waals surface area contributed by atoms with Gasteiger partial charge in [0.25, 0.3) is 0 Å². The second kappa shape index (κ2) is 6.79. The van der Waals surface area contributed by atoms with E-state index in [0.717, 1.165) is 6.07 Å². The molecular formula is C12H12F4O2S. The quantitative estimate of drug-likeness (QED) is 0.564. The Morgan fingerprint density at radius 1 is 1.37 bits per heavy atom. The van der Waals surface area contributed by atoms with Crippen LogP contribution >= 0.6 is 11.8 Å². The Kier molecular flexibility index (Phi) is 5.65. The highest BCUT2D eigenvalue weighted by atomic mass is 32.2. The predicted octanol–water partition coefficient (Wildman–Crippen LogP) is 3.86. The average Bonchev–Trinajstić information content (AvgIpc) is 2.36. The molecule has 1 rings (SSSR count). The molecule has 106 valence electrons. The van der Waals surface area contributed by atoms with Crippen molar-refractivity contribution < 1.29 is 27.1 Å². The van der Waals surface area contributed by atoms with Crippen LogP contribution in [0.5, 0.6) is 5.75 Å². The fourth-order valence-corrected chi connectivity index (χ4v) is 1.70. The predicted molar refractivity (Wildman–Crippen MR) is 65.4 cm³/mol. The van der Waals surface area contributed by atoms with Crippen LogP contribution in [0.25, 0.3) is 0 Å². The fraction of sp³-hybridized carbons (Fsp3) is 0.417. The molecule has 0 radical (unpaired) electrons. The Balaban J connectivity index is 2.93. The summed E-state index contributed by atoms with van der Waals surface area (Å²) in [6.07, 6.45) is -6.65. The number of halogens is 4. The lowest BCUT2D eigenvalue weighted by Gasteiger charge is -2.18. The molecule has 7 heteroatoms. The van der Waals surface area contributed by atoms with Crippen molar-refractivity contribution in [1.82, 2.24) is 0 Å². The Bertz CT molecular complexity index is 437. The van der Waals surface area contributed by atoms with Crippen molar-refractivity contribution in [3.8, 4) is 5.75 Å². The van der Waals surface area contributed by atoms with Crippen molar-refractivity contribution in [1.29, 1.82) is 0 Å². The van der Waals surface area contributed by atoms with Gasteiger partial charge in [-0.1, -0.05) is 12.1 Å². The van der Waals surface area contributed by atoms with Crippen LogP contribution in [0.2, 0.25) is 0 Å². The first-order valence-electron chi connectivity index (χ1n) is 5.34. The molecule has 0 aliphatic heterocycles. The van der Waals surface area contributed by atoms with Gasteiger partial charge in [0.1, 0.15) is 5.75 Å². The number of Topliss-reactive ketones (excluding diaryl/α,β-unsaturated/α-hetero) is 1. The van der Waals surface area contributed by atoms with Crippen molar-refractivity contribution in [2.75, 3.05) is 12.0 Å². The highest BCUT2D eigenvalue weighted by Crippen LogP contribution is 2.30. The van der Waals surface area contributed by atoms with E-state index in [9.17, 15) is 22.4 Å². The number of hydrogen-bond acceptors (Lipinski definition) is 3. The summed E-state index contributed by atoms with van der Waals surface area (Å²) in [6, 6.07) is 5.14. The van der Waals surface area contributed by atoms with Crippen LogP contribution < -0.4 is 4.74 Å². The minimum atomic E-state index is -4.62. The molecule has 1 aromatic rings. The van der Waals surface area contributed by atoms with Gasteiger partial charge in [0.05, 0.1) is 5.56 Å². The summed E-state index contributed by atoms with van der Waals surface area (Å²) in [7, 11) is 0. The Morgan fingerprint density at radius 3 is 2.58 bits per heavy atom. The van der Waals surface area contributed by atoms with Crippen LogP contribution in [0.1, 0.15) is 16.8 Å². The smallest absolute Gasteiger partial charge is 0.428 e. The molecular weight excluding hydrogens is 284 g/mol. The third kappa shape index (κ3) is 4.41. The van der Waals surface area contributed by atoms with Gasteiger partial charge in [0, 0.05) is 12.2 Å². The summed E-state index contributed by atoms with van der Waals surface area (Å²) in [6.45, 7) is 0. The molecule has 0 fully saturated rings. The van der Waals surface area contributed by atoms with E-state index in [0.29, 0.717) is 5.75 Å². The van der Waals surface area contributed by atoms with Crippen molar-refractivity contribution in [3.63, 3.8) is 0 Å². The molecule has 0 N–H and O–H groups in total. The van der Waals surface area contributed by atoms with E-state index in [1.807, 2.05) is 0 Å². The zero-order valence-corrected chi connectivity index (χ0v) is 10.9. The highest BCUT2D eigenvalue weighted by Gasteiger charge is 2.44. The maximum absolute atomic E-state index is 12.8. The van der Waals surface area contributed by atoms with Gasteiger partial charge in [-0.05, 0) is 18.4 Å². The topological polar surface area (TPSA) is 26.3 Å². The molecule has 19 heavy (non-hydrogen) atoms. The lowest BCUT2D eigenvalue weighted by atomic mass is 10.1. The van der Waals surface area contributed by atoms with Gasteiger partial charge < -0.3 is 4.74 Å². The summed E-state index contributed by atoms with van der Waals surface area (Å²) >= 11 is 1.42. The highest BCUT2D eigenvalue weighted by molar-refractivity contribution is 7.98. The van der Waals surface area contributed by atoms with E-state index in [-0.39, 0.29) is 12.0 Å². The summed E-state index contributed by atoms with van der Waals surface area (Å²) in [5, 5.41) is 0. The van der Waals surface area contributed by atoms with Gasteiger partial charge in [-0.15, -0.1) is 0 Å². The zero-order valence-electron chi connectivity index (χ0n) is 10.0. The zero-order chi connectivity index (χ0) is 14.5. The summed E-state index contributed by atoms with van der Waals surface area (Å²) in [4.78, 5) is 11.8. The van der Waals surface area contributed by atoms with Crippen LogP contribution in [0, 0.1) is 0 Å². The number of thioether (sulfide) groups is 1. The molecule has 0 aromatic heterocycles. The van der Waals surface area contributed by atoms with Gasteiger partial charge in [-0.3, -0.25) is 4.79 Å². The molecule has 0 bridgehead atoms. The molecule has 0 unspecified atom stereocenters. The monoisotopic (exact) mass is 296 g/mol. The van der Waals surface area contributed by atoms with Crippen molar-refractivity contribution in [2.45, 2.75) is 19.0 Å². The van der Waals surface area contributed by atoms with Gasteiger partial charge in [-0.25, -0.2) is 0 Å². The third-order valence-corrected chi connectivity index (χ3v) is 2.83. The average molecular weight is 296 g/mol. The van der Waals surface area contributed by atoms with Crippen LogP contribution in [0.15, 0.2) is 24.3 Å². The lowest BCUT2D eigenvalue weighted by molar-refractivity contribution is -0.253. The number of rotatable bonds is 7. The minimum absolute atomic E-state index is 0.114. The standard InChI is InChI=1S/C12H12F4O2S/c1-19-7-6-9(17)8-4-2-3-5-10(8)18-12(15,16)11(13)14/h2-5,11H,6-7H2,1H3. The minimum Gasteiger partial charge on any atom is -0.428 e. The van der Waals surface area contributed by atoms with Crippen LogP contribution in [-0.4, -0.2) is 30.3 Å². The van der Waals surface area contributed by atoms with Gasteiger partial charge >= 0.3 is 12.5 Å². The second-order valence-corrected chi connectivity index (χ2v) is 4.61. The first-order chi connectivity index (χ1) is 8.88. The number of ether oxygens (including phenoxy) is 1. The number of alkyl halides is 4. The largest absolute Gasteiger partial charge is 0.461 e. The number of carbonyl (C=O) groups is 1. The van der Waals surface area contributed by atoms with E-state index in [4.69, 9.17) is 0 Å². The number of benzene rings is 1. The summed E-state index contributed by atoms with van der Waals surface area (Å²) in [5.74, 6) is -0.438. The molecule has 0 spiro atoms. The maximum atomic E-state index is 12.8. The van der Waals surface area contributed by atoms with E-state index in [1.165, 1.54) is 30.0 Å². The SMILES string of the molecule is CSCCC(=O)c1ccccc1OC(F)(F)C(F)F. The Hall–Kier alpha value is -1.24. The second-order valence-electron chi connectivity index (χ2n) is 3.63. The maximum Gasteiger partial charge on any atom is 0.461 e. The molecule has 0 saturated carbocycles. The van der Waals surface area contributed by atoms with Crippen molar-refractivity contribution in [2.24, 2.45) is 0 Å². The van der Waals surface area contributed by atoms with Crippen molar-refractivity contribution in [3.05, 3.63) is 29.8 Å². The van der Waals surface area contributed by atoms with Crippen LogP contribution in [0.3, 0.4) is 0 Å². The fourth-order valence-electron chi connectivity index (χ4n) is 1.31. The van der Waals surface area contributed by atoms with E-state index < -0.39 is 24.1 Å². The molecule has 0 atom stereocenters. The first kappa shape index (κ1) is 15.8.